The van der Waals surface area contributed by atoms with Gasteiger partial charge in [-0.05, 0) is 56.4 Å². The van der Waals surface area contributed by atoms with Crippen LogP contribution >= 0.6 is 0 Å². The van der Waals surface area contributed by atoms with Crippen LogP contribution in [0.4, 0.5) is 4.79 Å². The van der Waals surface area contributed by atoms with Crippen LogP contribution in [0.1, 0.15) is 57.6 Å². The van der Waals surface area contributed by atoms with Crippen LogP contribution in [0.15, 0.2) is 48.5 Å². The number of ether oxygens (including phenoxy) is 3. The number of aliphatic carboxylic acids is 1. The molecule has 2 aromatic rings. The summed E-state index contributed by atoms with van der Waals surface area (Å²) < 4.78 is 16.0. The minimum absolute atomic E-state index is 0.0139. The van der Waals surface area contributed by atoms with Gasteiger partial charge in [0.1, 0.15) is 24.9 Å². The molecule has 41 heavy (non-hydrogen) atoms. The van der Waals surface area contributed by atoms with E-state index in [2.05, 4.69) is 5.32 Å². The quantitative estimate of drug-likeness (QED) is 0.197. The molecule has 2 amide bonds. The fourth-order valence-corrected chi connectivity index (χ4v) is 4.50. The van der Waals surface area contributed by atoms with E-state index in [1.807, 2.05) is 48.5 Å². The average Bonchev–Trinajstić information content (AvgIpc) is 3.24. The predicted molar refractivity (Wildman–Crippen MR) is 149 cm³/mol. The van der Waals surface area contributed by atoms with Gasteiger partial charge in [0, 0.05) is 18.9 Å². The number of carbonyl (C=O) groups excluding carboxylic acids is 3. The Bertz CT molecular complexity index is 1180. The Morgan fingerprint density at radius 1 is 0.976 bits per heavy atom. The molecule has 1 aliphatic rings. The Balaban J connectivity index is 1.59. The summed E-state index contributed by atoms with van der Waals surface area (Å²) in [5.41, 5.74) is 3.50. The number of hydrogen-bond acceptors (Lipinski definition) is 8. The van der Waals surface area contributed by atoms with Gasteiger partial charge >= 0.3 is 18.0 Å². The highest BCUT2D eigenvalue weighted by Crippen LogP contribution is 2.44. The second-order valence-corrected chi connectivity index (χ2v) is 10.5. The highest BCUT2D eigenvalue weighted by atomic mass is 16.7. The standard InChI is InChI=1S/C30H38N2O9/c1-5-32(40-17-16-38-19-27(34)35)26(33)15-14-25(28(36)41-30(2,3)4)31-29(37)39-18-24-22-12-8-6-10-20(22)21-11-7-9-13-23(21)24/h6-13,24-25H,5,14-19H2,1-4H3,(H,31,37)(H,34,35). The van der Waals surface area contributed by atoms with Gasteiger partial charge in [-0.15, -0.1) is 0 Å². The number of nitrogens with zero attached hydrogens (tertiary/aromatic N) is 1. The van der Waals surface area contributed by atoms with Gasteiger partial charge in [0.2, 0.25) is 5.91 Å². The minimum Gasteiger partial charge on any atom is -0.480 e. The molecule has 1 aliphatic carbocycles. The lowest BCUT2D eigenvalue weighted by atomic mass is 9.98. The third kappa shape index (κ3) is 9.29. The Kier molecular flexibility index (Phi) is 11.2. The summed E-state index contributed by atoms with van der Waals surface area (Å²) in [7, 11) is 0. The number of carboxylic acid groups (broad SMARTS) is 1. The normalized spacial score (nSPS) is 13.1. The summed E-state index contributed by atoms with van der Waals surface area (Å²) in [6.45, 7) is 6.60. The molecule has 0 aliphatic heterocycles. The zero-order chi connectivity index (χ0) is 30.0. The van der Waals surface area contributed by atoms with Crippen LogP contribution < -0.4 is 5.32 Å². The average molecular weight is 571 g/mol. The lowest BCUT2D eigenvalue weighted by Crippen LogP contribution is -2.45. The minimum atomic E-state index is -1.13. The van der Waals surface area contributed by atoms with Crippen LogP contribution in [0.3, 0.4) is 0 Å². The molecule has 1 unspecified atom stereocenters. The van der Waals surface area contributed by atoms with Crippen molar-refractivity contribution < 1.29 is 43.3 Å². The highest BCUT2D eigenvalue weighted by molar-refractivity contribution is 5.83. The third-order valence-electron chi connectivity index (χ3n) is 6.24. The molecule has 0 fully saturated rings. The Hall–Kier alpha value is -3.96. The number of rotatable bonds is 14. The first-order chi connectivity index (χ1) is 19.5. The van der Waals surface area contributed by atoms with E-state index in [0.29, 0.717) is 0 Å². The molecule has 0 spiro atoms. The van der Waals surface area contributed by atoms with E-state index in [1.54, 1.807) is 27.7 Å². The van der Waals surface area contributed by atoms with Gasteiger partial charge in [-0.25, -0.2) is 19.4 Å². The first-order valence-electron chi connectivity index (χ1n) is 13.6. The molecule has 0 radical (unpaired) electrons. The van der Waals surface area contributed by atoms with Gasteiger partial charge in [0.05, 0.1) is 13.2 Å². The van der Waals surface area contributed by atoms with E-state index in [4.69, 9.17) is 24.2 Å². The molecule has 0 bridgehead atoms. The molecule has 3 rings (SSSR count). The lowest BCUT2D eigenvalue weighted by molar-refractivity contribution is -0.190. The predicted octanol–water partition coefficient (Wildman–Crippen LogP) is 3.90. The fourth-order valence-electron chi connectivity index (χ4n) is 4.50. The topological polar surface area (TPSA) is 141 Å². The van der Waals surface area contributed by atoms with Crippen molar-refractivity contribution in [2.45, 2.75) is 58.1 Å². The molecule has 0 saturated carbocycles. The summed E-state index contributed by atoms with van der Waals surface area (Å²) in [5.74, 6) is -2.37. The summed E-state index contributed by atoms with van der Waals surface area (Å²) in [4.78, 5) is 54.4. The zero-order valence-corrected chi connectivity index (χ0v) is 23.9. The maximum absolute atomic E-state index is 12.9. The molecular formula is C30H38N2O9. The second kappa shape index (κ2) is 14.6. The van der Waals surface area contributed by atoms with Gasteiger partial charge in [-0.3, -0.25) is 9.63 Å². The number of carboxylic acids is 1. The lowest BCUT2D eigenvalue weighted by Gasteiger charge is -2.25. The van der Waals surface area contributed by atoms with E-state index in [-0.39, 0.29) is 45.1 Å². The van der Waals surface area contributed by atoms with Crippen molar-refractivity contribution >= 4 is 23.9 Å². The number of nitrogens with one attached hydrogen (secondary N) is 1. The van der Waals surface area contributed by atoms with Crippen molar-refractivity contribution in [3.8, 4) is 11.1 Å². The van der Waals surface area contributed by atoms with Gasteiger partial charge in [0.25, 0.3) is 0 Å². The molecule has 11 nitrogen and oxygen atoms in total. The molecule has 0 heterocycles. The van der Waals surface area contributed by atoms with Gasteiger partial charge in [-0.1, -0.05) is 48.5 Å². The maximum atomic E-state index is 12.9. The van der Waals surface area contributed by atoms with E-state index in [1.165, 1.54) is 0 Å². The largest absolute Gasteiger partial charge is 0.480 e. The third-order valence-corrected chi connectivity index (χ3v) is 6.24. The van der Waals surface area contributed by atoms with Gasteiger partial charge < -0.3 is 24.6 Å². The number of esters is 1. The molecule has 222 valence electrons. The summed E-state index contributed by atoms with van der Waals surface area (Å²) >= 11 is 0. The van der Waals surface area contributed by atoms with E-state index < -0.39 is 42.2 Å². The molecule has 1 atom stereocenters. The van der Waals surface area contributed by atoms with Crippen LogP contribution in [0.25, 0.3) is 11.1 Å². The first kappa shape index (κ1) is 31.6. The molecule has 2 aromatic carbocycles. The SMILES string of the molecule is CCN(OCCOCC(=O)O)C(=O)CCC(NC(=O)OCC1c2ccccc2-c2ccccc21)C(=O)OC(C)(C)C. The van der Waals surface area contributed by atoms with Crippen LogP contribution in [0.2, 0.25) is 0 Å². The number of benzene rings is 2. The molecule has 2 N–H and O–H groups in total. The second-order valence-electron chi connectivity index (χ2n) is 10.5. The number of hydrogen-bond donors (Lipinski definition) is 2. The van der Waals surface area contributed by atoms with Crippen molar-refractivity contribution in [2.24, 2.45) is 0 Å². The van der Waals surface area contributed by atoms with Crippen molar-refractivity contribution in [2.75, 3.05) is 33.0 Å². The summed E-state index contributed by atoms with van der Waals surface area (Å²) in [5, 5.41) is 12.3. The van der Waals surface area contributed by atoms with E-state index >= 15 is 0 Å². The number of carbonyl (C=O) groups is 4. The van der Waals surface area contributed by atoms with Gasteiger partial charge in [0.15, 0.2) is 0 Å². The highest BCUT2D eigenvalue weighted by Gasteiger charge is 2.31. The summed E-state index contributed by atoms with van der Waals surface area (Å²) in [6, 6.07) is 14.8. The van der Waals surface area contributed by atoms with Crippen LogP contribution in [-0.4, -0.2) is 78.7 Å². The van der Waals surface area contributed by atoms with Gasteiger partial charge in [-0.2, -0.15) is 0 Å². The summed E-state index contributed by atoms with van der Waals surface area (Å²) in [6.07, 6.45) is -0.973. The number of alkyl carbamates (subject to hydrolysis) is 1. The maximum Gasteiger partial charge on any atom is 0.407 e. The van der Waals surface area contributed by atoms with E-state index in [9.17, 15) is 19.2 Å². The number of fused-ring (bicyclic) bond motifs is 3. The molecular weight excluding hydrogens is 532 g/mol. The van der Waals surface area contributed by atoms with Crippen molar-refractivity contribution in [1.29, 1.82) is 0 Å². The van der Waals surface area contributed by atoms with Crippen LogP contribution in [0, 0.1) is 0 Å². The molecule has 0 aromatic heterocycles. The number of hydroxylamine groups is 2. The van der Waals surface area contributed by atoms with Crippen molar-refractivity contribution in [3.05, 3.63) is 59.7 Å². The number of amides is 2. The van der Waals surface area contributed by atoms with Crippen LogP contribution in [0.5, 0.6) is 0 Å². The Morgan fingerprint density at radius 3 is 2.15 bits per heavy atom. The zero-order valence-electron chi connectivity index (χ0n) is 23.9. The molecule has 11 heteroatoms. The smallest absolute Gasteiger partial charge is 0.407 e. The van der Waals surface area contributed by atoms with Crippen molar-refractivity contribution in [1.82, 2.24) is 10.4 Å². The van der Waals surface area contributed by atoms with Crippen molar-refractivity contribution in [3.63, 3.8) is 0 Å². The fraction of sp³-hybridized carbons (Fsp3) is 0.467. The monoisotopic (exact) mass is 570 g/mol. The first-order valence-corrected chi connectivity index (χ1v) is 13.6. The Morgan fingerprint density at radius 2 is 1.59 bits per heavy atom. The molecule has 0 saturated heterocycles. The van der Waals surface area contributed by atoms with E-state index in [0.717, 1.165) is 27.3 Å². The van der Waals surface area contributed by atoms with Crippen LogP contribution in [-0.2, 0) is 33.4 Å². The Labute approximate surface area is 239 Å².